The highest BCUT2D eigenvalue weighted by molar-refractivity contribution is 6.43. The van der Waals surface area contributed by atoms with Crippen molar-refractivity contribution in [3.63, 3.8) is 0 Å². The first-order valence-electron chi connectivity index (χ1n) is 15.2. The summed E-state index contributed by atoms with van der Waals surface area (Å²) in [5, 5.41) is 13.4. The number of anilines is 4. The first-order valence-corrected chi connectivity index (χ1v) is 15.6. The van der Waals surface area contributed by atoms with Crippen molar-refractivity contribution in [2.45, 2.75) is 19.4 Å². The molecule has 1 atom stereocenters. The van der Waals surface area contributed by atoms with Crippen LogP contribution >= 0.6 is 11.6 Å². The van der Waals surface area contributed by atoms with E-state index in [0.29, 0.717) is 34.9 Å². The van der Waals surface area contributed by atoms with Gasteiger partial charge in [-0.2, -0.15) is 0 Å². The molecule has 4 aromatic heterocycles. The average molecular weight is 707 g/mol. The van der Waals surface area contributed by atoms with Crippen molar-refractivity contribution >= 4 is 69.8 Å². The Labute approximate surface area is 292 Å². The van der Waals surface area contributed by atoms with Gasteiger partial charge >= 0.3 is 0 Å². The fraction of sp³-hybridized carbons (Fsp3) is 0.250. The molecule has 0 fully saturated rings. The maximum absolute atomic E-state index is 13.2. The van der Waals surface area contributed by atoms with Crippen molar-refractivity contribution in [1.29, 1.82) is 0 Å². The lowest BCUT2D eigenvalue weighted by atomic mass is 10.2. The molecule has 18 heteroatoms. The monoisotopic (exact) mass is 706 g/mol. The van der Waals surface area contributed by atoms with Crippen LogP contribution in [-0.4, -0.2) is 66.4 Å². The molecule has 5 amide bonds. The van der Waals surface area contributed by atoms with Crippen LogP contribution in [0, 0.1) is 0 Å². The Hall–Kier alpha value is -6.23. The van der Waals surface area contributed by atoms with E-state index in [1.165, 1.54) is 27.3 Å². The zero-order valence-electron chi connectivity index (χ0n) is 28.1. The van der Waals surface area contributed by atoms with Crippen LogP contribution in [0.2, 0.25) is 0 Å². The molecule has 264 valence electrons. The number of amides is 5. The number of carbonyl (C=O) groups excluding carboxylic acids is 5. The summed E-state index contributed by atoms with van der Waals surface area (Å²) >= 11 is 5.62. The van der Waals surface area contributed by atoms with Gasteiger partial charge in [0.05, 0.1) is 33.8 Å². The molecule has 0 saturated carbocycles. The normalized spacial score (nSPS) is 11.3. The molecule has 50 heavy (non-hydrogen) atoms. The summed E-state index contributed by atoms with van der Waals surface area (Å²) in [5.74, 6) is -2.45. The van der Waals surface area contributed by atoms with Gasteiger partial charge in [-0.25, -0.2) is 4.99 Å². The third-order valence-corrected chi connectivity index (χ3v) is 7.70. The Morgan fingerprint density at radius 1 is 0.680 bits per heavy atom. The molecular formula is C32H39ClN12O5. The Bertz CT molecular complexity index is 2010. The molecule has 1 unspecified atom stereocenters. The van der Waals surface area contributed by atoms with Crippen molar-refractivity contribution in [3.8, 4) is 0 Å². The van der Waals surface area contributed by atoms with E-state index in [1.807, 2.05) is 6.92 Å². The number of nitrogens with zero attached hydrogens (tertiary/aromatic N) is 5. The predicted molar refractivity (Wildman–Crippen MR) is 191 cm³/mol. The van der Waals surface area contributed by atoms with Crippen LogP contribution in [0.5, 0.6) is 0 Å². The molecule has 4 rings (SSSR count). The van der Waals surface area contributed by atoms with E-state index in [2.05, 4.69) is 38.2 Å². The molecule has 0 aliphatic heterocycles. The van der Waals surface area contributed by atoms with Crippen LogP contribution in [0.1, 0.15) is 55.3 Å². The molecule has 9 N–H and O–H groups in total. The van der Waals surface area contributed by atoms with E-state index in [1.54, 1.807) is 68.2 Å². The molecule has 0 saturated heterocycles. The Morgan fingerprint density at radius 2 is 1.02 bits per heavy atom. The first-order chi connectivity index (χ1) is 23.6. The van der Waals surface area contributed by atoms with E-state index in [4.69, 9.17) is 23.1 Å². The lowest BCUT2D eigenvalue weighted by molar-refractivity contribution is -0.112. The minimum atomic E-state index is -0.594. The van der Waals surface area contributed by atoms with Crippen molar-refractivity contribution in [2.24, 2.45) is 44.7 Å². The summed E-state index contributed by atoms with van der Waals surface area (Å²) in [6, 6.07) is 5.75. The van der Waals surface area contributed by atoms with Crippen LogP contribution < -0.4 is 38.1 Å². The Kier molecular flexibility index (Phi) is 11.2. The molecule has 0 aliphatic carbocycles. The standard InChI is InChI=1S/C32H39ClN12O5/c1-7-18(41-32(34)35)12-36-28(47)23-8-20(14-42(23)3)38-30(49)25-10-22(16-44(25)5)40-31(50)26-11-21(15-45(26)6)39-29(48)24-9-19(13-43(24)4)37-27(46)17(2)33/h8-11,13-16,18H,2,7,12H2,1,3-6H3,(H,36,47)(H,37,46)(H,38,49)(H,39,48)(H,40,50)(H4,34,35,41). The predicted octanol–water partition coefficient (Wildman–Crippen LogP) is 2.27. The molecule has 0 aliphatic rings. The van der Waals surface area contributed by atoms with Gasteiger partial charge in [0, 0.05) is 59.5 Å². The molecule has 17 nitrogen and oxygen atoms in total. The molecule has 0 bridgehead atoms. The number of nitrogens with one attached hydrogen (secondary N) is 5. The van der Waals surface area contributed by atoms with Crippen molar-refractivity contribution in [3.05, 3.63) is 83.4 Å². The Balaban J connectivity index is 1.38. The molecule has 4 aromatic rings. The summed E-state index contributed by atoms with van der Waals surface area (Å²) in [4.78, 5) is 68.0. The van der Waals surface area contributed by atoms with E-state index < -0.39 is 23.6 Å². The van der Waals surface area contributed by atoms with Crippen molar-refractivity contribution in [1.82, 2.24) is 23.6 Å². The van der Waals surface area contributed by atoms with Crippen LogP contribution in [0.15, 0.2) is 65.7 Å². The maximum Gasteiger partial charge on any atom is 0.272 e. The molecule has 0 aromatic carbocycles. The van der Waals surface area contributed by atoms with Gasteiger partial charge in [0.15, 0.2) is 5.96 Å². The number of aryl methyl sites for hydroxylation is 4. The quantitative estimate of drug-likeness (QED) is 0.0622. The van der Waals surface area contributed by atoms with Crippen LogP contribution in [0.3, 0.4) is 0 Å². The summed E-state index contributed by atoms with van der Waals surface area (Å²) in [6.07, 6.45) is 6.92. The zero-order chi connectivity index (χ0) is 36.9. The van der Waals surface area contributed by atoms with Gasteiger partial charge < -0.3 is 56.3 Å². The average Bonchev–Trinajstić information content (AvgIpc) is 3.79. The third kappa shape index (κ3) is 8.81. The molecular weight excluding hydrogens is 668 g/mol. The number of hydrogen-bond acceptors (Lipinski definition) is 6. The number of aromatic nitrogens is 4. The van der Waals surface area contributed by atoms with Crippen molar-refractivity contribution < 1.29 is 24.0 Å². The van der Waals surface area contributed by atoms with Gasteiger partial charge in [-0.05, 0) is 30.7 Å². The van der Waals surface area contributed by atoms with Gasteiger partial charge in [-0.1, -0.05) is 25.1 Å². The van der Waals surface area contributed by atoms with E-state index in [-0.39, 0.29) is 46.6 Å². The highest BCUT2D eigenvalue weighted by Crippen LogP contribution is 2.21. The minimum absolute atomic E-state index is 0.0574. The molecule has 0 radical (unpaired) electrons. The number of guanidine groups is 1. The highest BCUT2D eigenvalue weighted by Gasteiger charge is 2.20. The fourth-order valence-corrected chi connectivity index (χ4v) is 5.06. The number of aliphatic imine (C=N–C) groups is 1. The summed E-state index contributed by atoms with van der Waals surface area (Å²) < 4.78 is 6.19. The van der Waals surface area contributed by atoms with E-state index in [0.717, 1.165) is 0 Å². The zero-order valence-corrected chi connectivity index (χ0v) is 28.9. The summed E-state index contributed by atoms with van der Waals surface area (Å²) in [5.41, 5.74) is 13.4. The lowest BCUT2D eigenvalue weighted by Gasteiger charge is -2.12. The smallest absolute Gasteiger partial charge is 0.272 e. The van der Waals surface area contributed by atoms with Gasteiger partial charge in [0.2, 0.25) is 0 Å². The maximum atomic E-state index is 13.2. The van der Waals surface area contributed by atoms with Crippen molar-refractivity contribution in [2.75, 3.05) is 27.8 Å². The summed E-state index contributed by atoms with van der Waals surface area (Å²) in [7, 11) is 6.60. The van der Waals surface area contributed by atoms with E-state index >= 15 is 0 Å². The van der Waals surface area contributed by atoms with Gasteiger partial charge in [-0.15, -0.1) is 0 Å². The number of carbonyl (C=O) groups is 5. The second kappa shape index (κ2) is 15.3. The second-order valence-corrected chi connectivity index (χ2v) is 11.9. The lowest BCUT2D eigenvalue weighted by Crippen LogP contribution is -2.34. The SMILES string of the molecule is C=C(Cl)C(=O)Nc1cc(C(=O)Nc2cc(C(=O)Nc3cc(C(=O)Nc4cc(C(=O)NCC(CC)N=C(N)N)n(C)c4)n(C)c3)n(C)c2)n(C)c1. The van der Waals surface area contributed by atoms with E-state index in [9.17, 15) is 24.0 Å². The summed E-state index contributed by atoms with van der Waals surface area (Å²) in [6.45, 7) is 5.50. The minimum Gasteiger partial charge on any atom is -0.370 e. The number of hydrogen-bond donors (Lipinski definition) is 7. The van der Waals surface area contributed by atoms with Gasteiger partial charge in [0.1, 0.15) is 22.8 Å². The second-order valence-electron chi connectivity index (χ2n) is 11.4. The largest absolute Gasteiger partial charge is 0.370 e. The van der Waals surface area contributed by atoms with Gasteiger partial charge in [-0.3, -0.25) is 24.0 Å². The third-order valence-electron chi connectivity index (χ3n) is 7.53. The number of halogens is 1. The first kappa shape index (κ1) is 36.6. The van der Waals surface area contributed by atoms with Gasteiger partial charge in [0.25, 0.3) is 29.5 Å². The number of rotatable bonds is 13. The number of nitrogens with two attached hydrogens (primary N) is 2. The fourth-order valence-electron chi connectivity index (χ4n) is 5.01. The van der Waals surface area contributed by atoms with Crippen LogP contribution in [0.25, 0.3) is 0 Å². The Morgan fingerprint density at radius 3 is 1.34 bits per heavy atom. The van der Waals surface area contributed by atoms with Crippen LogP contribution in [0.4, 0.5) is 22.7 Å². The molecule has 0 spiro atoms. The topological polar surface area (TPSA) is 230 Å². The highest BCUT2D eigenvalue weighted by atomic mass is 35.5. The van der Waals surface area contributed by atoms with Crippen LogP contribution in [-0.2, 0) is 33.0 Å². The molecule has 4 heterocycles.